The molecule has 0 N–H and O–H groups in total. The zero-order chi connectivity index (χ0) is 12.1. The van der Waals surface area contributed by atoms with Crippen LogP contribution in [0.25, 0.3) is 6.08 Å². The Morgan fingerprint density at radius 1 is 0.941 bits per heavy atom. The Labute approximate surface area is 106 Å². The average molecular weight is 247 g/mol. The molecule has 0 spiro atoms. The lowest BCUT2D eigenvalue weighted by Gasteiger charge is -2.21. The van der Waals surface area contributed by atoms with Gasteiger partial charge in [0.15, 0.2) is 0 Å². The van der Waals surface area contributed by atoms with Gasteiger partial charge in [0.1, 0.15) is 5.30 Å². The molecule has 0 amide bonds. The third-order valence-electron chi connectivity index (χ3n) is 3.78. The largest absolute Gasteiger partial charge is 0.106 e. The molecule has 0 bridgehead atoms. The highest BCUT2D eigenvalue weighted by Gasteiger charge is 2.41. The van der Waals surface area contributed by atoms with Crippen molar-refractivity contribution in [3.05, 3.63) is 35.6 Å². The van der Waals surface area contributed by atoms with Gasteiger partial charge in [0.05, 0.1) is 25.4 Å². The van der Waals surface area contributed by atoms with Crippen LogP contribution in [0.4, 0.5) is 0 Å². The summed E-state index contributed by atoms with van der Waals surface area (Å²) < 4.78 is 0. The lowest BCUT2D eigenvalue weighted by atomic mass is 10.2. The van der Waals surface area contributed by atoms with Gasteiger partial charge >= 0.3 is 0 Å². The Morgan fingerprint density at radius 2 is 1.59 bits per heavy atom. The Balaban J connectivity index is 2.26. The van der Waals surface area contributed by atoms with E-state index in [4.69, 9.17) is 0 Å². The lowest BCUT2D eigenvalue weighted by Crippen LogP contribution is -2.15. The molecule has 1 aromatic rings. The molecule has 92 valence electrons. The van der Waals surface area contributed by atoms with E-state index >= 15 is 0 Å². The summed E-state index contributed by atoms with van der Waals surface area (Å²) in [5.74, 6) is 2.59. The molecule has 1 heteroatoms. The molecule has 17 heavy (non-hydrogen) atoms. The highest BCUT2D eigenvalue weighted by Crippen LogP contribution is 2.64. The molecule has 0 fully saturated rings. The van der Waals surface area contributed by atoms with Gasteiger partial charge in [0, 0.05) is 5.56 Å². The van der Waals surface area contributed by atoms with E-state index in [9.17, 15) is 0 Å². The molecule has 0 aliphatic carbocycles. The van der Waals surface area contributed by atoms with E-state index in [1.165, 1.54) is 43.6 Å². The van der Waals surface area contributed by atoms with E-state index in [1.54, 1.807) is 5.30 Å². The summed E-state index contributed by atoms with van der Waals surface area (Å²) in [6.45, 7) is 4.62. The topological polar surface area (TPSA) is 0 Å². The van der Waals surface area contributed by atoms with Crippen molar-refractivity contribution in [2.24, 2.45) is 0 Å². The zero-order valence-electron chi connectivity index (χ0n) is 11.2. The number of fused-ring (bicyclic) bond motifs is 1. The second-order valence-electron chi connectivity index (χ2n) is 5.06. The number of hydrogen-bond acceptors (Lipinski definition) is 0. The Bertz CT molecular complexity index is 384. The van der Waals surface area contributed by atoms with E-state index < -0.39 is 7.26 Å². The molecule has 0 radical (unpaired) electrons. The summed E-state index contributed by atoms with van der Waals surface area (Å²) >= 11 is 0. The van der Waals surface area contributed by atoms with Crippen molar-refractivity contribution >= 4 is 18.6 Å². The van der Waals surface area contributed by atoms with Gasteiger partial charge in [-0.15, -0.1) is 0 Å². The van der Waals surface area contributed by atoms with Gasteiger partial charge < -0.3 is 0 Å². The number of rotatable bonds is 6. The van der Waals surface area contributed by atoms with Crippen molar-refractivity contribution in [1.82, 2.24) is 0 Å². The smallest absolute Gasteiger partial charge is 0.0652 e. The first kappa shape index (κ1) is 12.8. The fraction of sp³-hybridized carbons (Fsp3) is 0.500. The number of benzene rings is 1. The summed E-state index contributed by atoms with van der Waals surface area (Å²) in [5, 5.41) is 1.68. The highest BCUT2D eigenvalue weighted by atomic mass is 31.2. The maximum atomic E-state index is 2.59. The molecule has 0 atom stereocenters. The molecule has 0 saturated carbocycles. The number of unbranched alkanes of at least 4 members (excludes halogenated alkanes) is 2. The standard InChI is InChI=1S/C16H24P/c1-3-5-12-17(13-6-4-2)14-11-15-9-7-8-10-16(15)17/h7-11,14H,3-6,12-13H2,1-2H3/q+1. The summed E-state index contributed by atoms with van der Waals surface area (Å²) in [7, 11) is -0.950. The Hall–Kier alpha value is -0.610. The van der Waals surface area contributed by atoms with Gasteiger partial charge in [-0.1, -0.05) is 44.9 Å². The summed E-state index contributed by atoms with van der Waals surface area (Å²) in [6.07, 6.45) is 10.7. The minimum Gasteiger partial charge on any atom is -0.0652 e. The molecular formula is C16H24P+. The minimum absolute atomic E-state index is 0.950. The van der Waals surface area contributed by atoms with Gasteiger partial charge in [-0.2, -0.15) is 0 Å². The first-order chi connectivity index (χ1) is 8.32. The molecule has 0 unspecified atom stereocenters. The first-order valence-electron chi connectivity index (χ1n) is 6.98. The van der Waals surface area contributed by atoms with Gasteiger partial charge in [-0.05, 0) is 25.0 Å². The molecular weight excluding hydrogens is 223 g/mol. The summed E-state index contributed by atoms with van der Waals surface area (Å²) in [4.78, 5) is 0. The Kier molecular flexibility index (Phi) is 4.40. The van der Waals surface area contributed by atoms with Crippen molar-refractivity contribution in [3.8, 4) is 0 Å². The molecule has 0 saturated heterocycles. The van der Waals surface area contributed by atoms with E-state index in [2.05, 4.69) is 50.0 Å². The summed E-state index contributed by atoms with van der Waals surface area (Å²) in [5.41, 5.74) is 1.49. The molecule has 0 aromatic heterocycles. The van der Waals surface area contributed by atoms with Gasteiger partial charge in [0.2, 0.25) is 0 Å². The van der Waals surface area contributed by atoms with E-state index in [-0.39, 0.29) is 0 Å². The third kappa shape index (κ3) is 2.63. The maximum Gasteiger partial charge on any atom is 0.106 e. The van der Waals surface area contributed by atoms with Crippen LogP contribution in [0.1, 0.15) is 45.1 Å². The second kappa shape index (κ2) is 5.83. The monoisotopic (exact) mass is 247 g/mol. The quantitative estimate of drug-likeness (QED) is 0.626. The lowest BCUT2D eigenvalue weighted by molar-refractivity contribution is 0.867. The molecule has 1 aliphatic rings. The van der Waals surface area contributed by atoms with Crippen LogP contribution in [0.5, 0.6) is 0 Å². The van der Waals surface area contributed by atoms with Crippen molar-refractivity contribution in [2.75, 3.05) is 12.3 Å². The van der Waals surface area contributed by atoms with Crippen LogP contribution in [-0.4, -0.2) is 12.3 Å². The normalized spacial score (nSPS) is 16.1. The molecule has 0 nitrogen and oxygen atoms in total. The number of hydrogen-bond donors (Lipinski definition) is 0. The second-order valence-corrected chi connectivity index (χ2v) is 8.81. The fourth-order valence-electron chi connectivity index (χ4n) is 2.72. The van der Waals surface area contributed by atoms with Crippen LogP contribution in [0.15, 0.2) is 30.1 Å². The molecule has 1 aromatic carbocycles. The van der Waals surface area contributed by atoms with Crippen molar-refractivity contribution in [3.63, 3.8) is 0 Å². The predicted octanol–water partition coefficient (Wildman–Crippen LogP) is 4.91. The van der Waals surface area contributed by atoms with Crippen LogP contribution in [-0.2, 0) is 0 Å². The van der Waals surface area contributed by atoms with Crippen LogP contribution >= 0.6 is 7.26 Å². The maximum absolute atomic E-state index is 2.59. The van der Waals surface area contributed by atoms with Crippen LogP contribution in [0, 0.1) is 0 Å². The molecule has 2 rings (SSSR count). The van der Waals surface area contributed by atoms with Gasteiger partial charge in [-0.3, -0.25) is 0 Å². The molecule has 1 heterocycles. The highest BCUT2D eigenvalue weighted by molar-refractivity contribution is 7.86. The fourth-order valence-corrected chi connectivity index (χ4v) is 7.14. The Morgan fingerprint density at radius 3 is 2.24 bits per heavy atom. The van der Waals surface area contributed by atoms with E-state index in [0.717, 1.165) is 0 Å². The SMILES string of the molecule is CCCC[P+]1(CCCC)C=Cc2ccccc21. The van der Waals surface area contributed by atoms with Crippen molar-refractivity contribution in [2.45, 2.75) is 39.5 Å². The van der Waals surface area contributed by atoms with E-state index in [0.29, 0.717) is 0 Å². The van der Waals surface area contributed by atoms with Crippen LogP contribution in [0.3, 0.4) is 0 Å². The third-order valence-corrected chi connectivity index (χ3v) is 8.09. The van der Waals surface area contributed by atoms with Crippen LogP contribution in [0.2, 0.25) is 0 Å². The van der Waals surface area contributed by atoms with Crippen molar-refractivity contribution in [1.29, 1.82) is 0 Å². The predicted molar refractivity (Wildman–Crippen MR) is 81.6 cm³/mol. The average Bonchev–Trinajstić information content (AvgIpc) is 2.74. The van der Waals surface area contributed by atoms with Crippen molar-refractivity contribution < 1.29 is 0 Å². The molecule has 1 aliphatic heterocycles. The minimum atomic E-state index is -0.950. The van der Waals surface area contributed by atoms with E-state index in [1.807, 2.05) is 0 Å². The van der Waals surface area contributed by atoms with Gasteiger partial charge in [0.25, 0.3) is 0 Å². The zero-order valence-corrected chi connectivity index (χ0v) is 12.0. The van der Waals surface area contributed by atoms with Gasteiger partial charge in [-0.25, -0.2) is 0 Å². The first-order valence-corrected chi connectivity index (χ1v) is 9.21. The van der Waals surface area contributed by atoms with Crippen LogP contribution < -0.4 is 5.30 Å². The summed E-state index contributed by atoms with van der Waals surface area (Å²) in [6, 6.07) is 9.06.